The zero-order chi connectivity index (χ0) is 14.0. The highest BCUT2D eigenvalue weighted by atomic mass is 16.4. The van der Waals surface area contributed by atoms with Gasteiger partial charge in [-0.2, -0.15) is 0 Å². The van der Waals surface area contributed by atoms with E-state index in [9.17, 15) is 9.90 Å². The molecule has 110 valence electrons. The van der Waals surface area contributed by atoms with Crippen molar-refractivity contribution in [1.29, 1.82) is 0 Å². The van der Waals surface area contributed by atoms with Gasteiger partial charge in [-0.15, -0.1) is 0 Å². The predicted molar refractivity (Wildman–Crippen MR) is 75.3 cm³/mol. The van der Waals surface area contributed by atoms with Crippen molar-refractivity contribution in [3.63, 3.8) is 0 Å². The first-order valence-corrected chi connectivity index (χ1v) is 7.38. The molecule has 1 heterocycles. The summed E-state index contributed by atoms with van der Waals surface area (Å²) < 4.78 is 0. The minimum absolute atomic E-state index is 0.175. The number of piperazine rings is 1. The highest BCUT2D eigenvalue weighted by molar-refractivity contribution is 5.78. The summed E-state index contributed by atoms with van der Waals surface area (Å²) in [6, 6.07) is 0.996. The molecule has 0 spiro atoms. The van der Waals surface area contributed by atoms with Gasteiger partial charge in [-0.3, -0.25) is 19.9 Å². The smallest absolute Gasteiger partial charge is 0.324 e. The first-order chi connectivity index (χ1) is 8.90. The van der Waals surface area contributed by atoms with E-state index in [1.54, 1.807) is 6.92 Å². The van der Waals surface area contributed by atoms with Gasteiger partial charge in [0.2, 0.25) is 0 Å². The predicted octanol–water partition coefficient (Wildman–Crippen LogP) is 0.608. The number of hydrogen-bond donors (Lipinski definition) is 2. The standard InChI is InChI=1S/C14H27N3O2/c1-11(2)15-14(3,13(18)19)10-16-6-8-17(9-7-16)12-4-5-12/h11-12,15H,4-10H2,1-3H3,(H,18,19). The van der Waals surface area contributed by atoms with Crippen molar-refractivity contribution < 1.29 is 9.90 Å². The number of carboxylic acids is 1. The van der Waals surface area contributed by atoms with Crippen LogP contribution in [-0.4, -0.2) is 71.2 Å². The molecule has 0 radical (unpaired) electrons. The molecule has 2 N–H and O–H groups in total. The van der Waals surface area contributed by atoms with E-state index < -0.39 is 11.5 Å². The van der Waals surface area contributed by atoms with E-state index in [0.29, 0.717) is 6.54 Å². The largest absolute Gasteiger partial charge is 0.480 e. The highest BCUT2D eigenvalue weighted by Crippen LogP contribution is 2.27. The molecule has 5 nitrogen and oxygen atoms in total. The minimum Gasteiger partial charge on any atom is -0.480 e. The number of carboxylic acid groups (broad SMARTS) is 1. The van der Waals surface area contributed by atoms with Gasteiger partial charge in [-0.25, -0.2) is 0 Å². The van der Waals surface area contributed by atoms with Crippen LogP contribution >= 0.6 is 0 Å². The lowest BCUT2D eigenvalue weighted by Gasteiger charge is -2.39. The van der Waals surface area contributed by atoms with Crippen molar-refractivity contribution in [2.24, 2.45) is 0 Å². The number of rotatable bonds is 6. The minimum atomic E-state index is -0.851. The summed E-state index contributed by atoms with van der Waals surface area (Å²) in [5, 5.41) is 12.7. The van der Waals surface area contributed by atoms with Crippen LogP contribution in [0.4, 0.5) is 0 Å². The molecule has 0 aromatic rings. The summed E-state index contributed by atoms with van der Waals surface area (Å²) in [4.78, 5) is 16.3. The molecule has 2 fully saturated rings. The second-order valence-electron chi connectivity index (χ2n) is 6.48. The van der Waals surface area contributed by atoms with Crippen molar-refractivity contribution >= 4 is 5.97 Å². The molecule has 1 aliphatic heterocycles. The third kappa shape index (κ3) is 3.91. The van der Waals surface area contributed by atoms with Gasteiger partial charge in [0.1, 0.15) is 5.54 Å². The van der Waals surface area contributed by atoms with Gasteiger partial charge in [0.15, 0.2) is 0 Å². The molecule has 2 aliphatic rings. The lowest BCUT2D eigenvalue weighted by atomic mass is 10.00. The molecule has 2 rings (SSSR count). The third-order valence-corrected chi connectivity index (χ3v) is 4.09. The van der Waals surface area contributed by atoms with E-state index in [0.717, 1.165) is 32.2 Å². The van der Waals surface area contributed by atoms with Crippen LogP contribution in [0, 0.1) is 0 Å². The van der Waals surface area contributed by atoms with Crippen LogP contribution < -0.4 is 5.32 Å². The van der Waals surface area contributed by atoms with Crippen LogP contribution in [0.2, 0.25) is 0 Å². The number of hydrogen-bond acceptors (Lipinski definition) is 4. The first-order valence-electron chi connectivity index (χ1n) is 7.38. The summed E-state index contributed by atoms with van der Waals surface area (Å²) in [6.45, 7) is 10.5. The fourth-order valence-electron chi connectivity index (χ4n) is 2.99. The molecular weight excluding hydrogens is 242 g/mol. The van der Waals surface area contributed by atoms with Gasteiger partial charge >= 0.3 is 5.97 Å². The Hall–Kier alpha value is -0.650. The molecule has 19 heavy (non-hydrogen) atoms. The number of nitrogens with one attached hydrogen (secondary N) is 1. The Bertz CT molecular complexity index is 323. The summed E-state index contributed by atoms with van der Waals surface area (Å²) >= 11 is 0. The molecule has 1 saturated heterocycles. The van der Waals surface area contributed by atoms with E-state index in [2.05, 4.69) is 15.1 Å². The Kier molecular flexibility index (Phi) is 4.48. The Labute approximate surface area is 115 Å². The van der Waals surface area contributed by atoms with E-state index in [1.807, 2.05) is 13.8 Å². The Balaban J connectivity index is 1.85. The fourth-order valence-corrected chi connectivity index (χ4v) is 2.99. The highest BCUT2D eigenvalue weighted by Gasteiger charge is 2.37. The molecule has 0 amide bonds. The van der Waals surface area contributed by atoms with Crippen LogP contribution in [0.25, 0.3) is 0 Å². The Morgan fingerprint density at radius 1 is 1.32 bits per heavy atom. The van der Waals surface area contributed by atoms with Crippen molar-refractivity contribution in [1.82, 2.24) is 15.1 Å². The van der Waals surface area contributed by atoms with Crippen LogP contribution in [0.15, 0.2) is 0 Å². The Morgan fingerprint density at radius 2 is 1.89 bits per heavy atom. The average molecular weight is 269 g/mol. The van der Waals surface area contributed by atoms with Crippen LogP contribution in [0.3, 0.4) is 0 Å². The molecule has 1 atom stereocenters. The normalized spacial score (nSPS) is 25.5. The number of nitrogens with zero attached hydrogens (tertiary/aromatic N) is 2. The van der Waals surface area contributed by atoms with Crippen molar-refractivity contribution in [2.75, 3.05) is 32.7 Å². The van der Waals surface area contributed by atoms with Crippen molar-refractivity contribution in [3.8, 4) is 0 Å². The van der Waals surface area contributed by atoms with Gasteiger partial charge in [-0.1, -0.05) is 0 Å². The van der Waals surface area contributed by atoms with E-state index >= 15 is 0 Å². The second-order valence-corrected chi connectivity index (χ2v) is 6.48. The van der Waals surface area contributed by atoms with E-state index in [-0.39, 0.29) is 6.04 Å². The third-order valence-electron chi connectivity index (χ3n) is 4.09. The number of carbonyl (C=O) groups is 1. The molecule has 1 unspecified atom stereocenters. The average Bonchev–Trinajstić information content (AvgIpc) is 3.12. The lowest BCUT2D eigenvalue weighted by Crippen LogP contribution is -2.61. The van der Waals surface area contributed by atoms with E-state index in [1.165, 1.54) is 12.8 Å². The van der Waals surface area contributed by atoms with Crippen LogP contribution in [0.5, 0.6) is 0 Å². The summed E-state index contributed by atoms with van der Waals surface area (Å²) in [6.07, 6.45) is 2.70. The molecule has 1 saturated carbocycles. The second kappa shape index (κ2) is 5.77. The molecule has 0 aromatic heterocycles. The lowest BCUT2D eigenvalue weighted by molar-refractivity contribution is -0.145. The molecule has 0 bridgehead atoms. The zero-order valence-electron chi connectivity index (χ0n) is 12.4. The van der Waals surface area contributed by atoms with Gasteiger partial charge < -0.3 is 5.11 Å². The maximum absolute atomic E-state index is 11.5. The maximum Gasteiger partial charge on any atom is 0.324 e. The molecular formula is C14H27N3O2. The van der Waals surface area contributed by atoms with Gasteiger partial charge in [0.25, 0.3) is 0 Å². The van der Waals surface area contributed by atoms with Gasteiger partial charge in [-0.05, 0) is 33.6 Å². The Morgan fingerprint density at radius 3 is 2.32 bits per heavy atom. The van der Waals surface area contributed by atoms with E-state index in [4.69, 9.17) is 0 Å². The molecule has 1 aliphatic carbocycles. The summed E-state index contributed by atoms with van der Waals surface area (Å²) in [7, 11) is 0. The van der Waals surface area contributed by atoms with Crippen LogP contribution in [-0.2, 0) is 4.79 Å². The summed E-state index contributed by atoms with van der Waals surface area (Å²) in [5.41, 5.74) is -0.851. The van der Waals surface area contributed by atoms with Crippen molar-refractivity contribution in [2.45, 2.75) is 51.2 Å². The topological polar surface area (TPSA) is 55.8 Å². The van der Waals surface area contributed by atoms with Crippen LogP contribution in [0.1, 0.15) is 33.6 Å². The number of aliphatic carboxylic acids is 1. The monoisotopic (exact) mass is 269 g/mol. The van der Waals surface area contributed by atoms with Gasteiger partial charge in [0.05, 0.1) is 0 Å². The molecule has 5 heteroatoms. The quantitative estimate of drug-likeness (QED) is 0.740. The summed E-state index contributed by atoms with van der Waals surface area (Å²) in [5.74, 6) is -0.758. The van der Waals surface area contributed by atoms with Gasteiger partial charge in [0, 0.05) is 44.8 Å². The zero-order valence-corrected chi connectivity index (χ0v) is 12.4. The first kappa shape index (κ1) is 14.8. The fraction of sp³-hybridized carbons (Fsp3) is 0.929. The van der Waals surface area contributed by atoms with Crippen molar-refractivity contribution in [3.05, 3.63) is 0 Å². The molecule has 0 aromatic carbocycles. The maximum atomic E-state index is 11.5. The SMILES string of the molecule is CC(C)NC(C)(CN1CCN(C2CC2)CC1)C(=O)O.